The number of anilines is 1. The van der Waals surface area contributed by atoms with E-state index in [-0.39, 0.29) is 0 Å². The Hall–Kier alpha value is -0.830. The van der Waals surface area contributed by atoms with E-state index in [0.717, 1.165) is 30.3 Å². The standard InChI is InChI=1S/C16H26ClN3/c1-6-16(7-2)8-9-20(10-16)15-12(5)13(17)18-14(19-15)11(3)4/h11H,6-10H2,1-5H3. The first-order valence-corrected chi connectivity index (χ1v) is 8.09. The Bertz CT molecular complexity index is 481. The minimum atomic E-state index is 0.302. The maximum absolute atomic E-state index is 6.30. The van der Waals surface area contributed by atoms with Gasteiger partial charge in [0, 0.05) is 24.6 Å². The van der Waals surface area contributed by atoms with Crippen molar-refractivity contribution in [2.24, 2.45) is 5.41 Å². The Morgan fingerprint density at radius 2 is 1.90 bits per heavy atom. The van der Waals surface area contributed by atoms with Crippen LogP contribution in [0.1, 0.15) is 64.3 Å². The molecule has 1 aromatic heterocycles. The van der Waals surface area contributed by atoms with Gasteiger partial charge in [-0.3, -0.25) is 0 Å². The quantitative estimate of drug-likeness (QED) is 0.761. The summed E-state index contributed by atoms with van der Waals surface area (Å²) in [7, 11) is 0. The van der Waals surface area contributed by atoms with E-state index in [1.54, 1.807) is 0 Å². The van der Waals surface area contributed by atoms with Gasteiger partial charge in [-0.1, -0.05) is 39.3 Å². The van der Waals surface area contributed by atoms with Crippen LogP contribution in [0.2, 0.25) is 5.15 Å². The van der Waals surface area contributed by atoms with Crippen LogP contribution in [-0.4, -0.2) is 23.1 Å². The largest absolute Gasteiger partial charge is 0.356 e. The summed E-state index contributed by atoms with van der Waals surface area (Å²) in [6.45, 7) is 13.0. The van der Waals surface area contributed by atoms with E-state index in [4.69, 9.17) is 16.6 Å². The summed E-state index contributed by atoms with van der Waals surface area (Å²) < 4.78 is 0. The number of aromatic nitrogens is 2. The second kappa shape index (κ2) is 5.88. The highest BCUT2D eigenvalue weighted by atomic mass is 35.5. The summed E-state index contributed by atoms with van der Waals surface area (Å²) in [4.78, 5) is 11.6. The maximum atomic E-state index is 6.30. The molecule has 0 saturated carbocycles. The van der Waals surface area contributed by atoms with Crippen LogP contribution in [0.15, 0.2) is 0 Å². The molecule has 20 heavy (non-hydrogen) atoms. The Morgan fingerprint density at radius 1 is 1.25 bits per heavy atom. The van der Waals surface area contributed by atoms with Crippen LogP contribution in [0.5, 0.6) is 0 Å². The van der Waals surface area contributed by atoms with Crippen molar-refractivity contribution < 1.29 is 0 Å². The molecule has 4 heteroatoms. The van der Waals surface area contributed by atoms with Crippen LogP contribution in [0.25, 0.3) is 0 Å². The van der Waals surface area contributed by atoms with Gasteiger partial charge in [-0.25, -0.2) is 9.97 Å². The SMILES string of the molecule is CCC1(CC)CCN(c2nc(C(C)C)nc(Cl)c2C)C1. The van der Waals surface area contributed by atoms with E-state index < -0.39 is 0 Å². The normalized spacial score (nSPS) is 18.1. The third kappa shape index (κ3) is 2.78. The van der Waals surface area contributed by atoms with Crippen LogP contribution >= 0.6 is 11.6 Å². The lowest BCUT2D eigenvalue weighted by Gasteiger charge is -2.27. The molecule has 0 unspecified atom stereocenters. The minimum absolute atomic E-state index is 0.302. The number of halogens is 1. The van der Waals surface area contributed by atoms with E-state index in [9.17, 15) is 0 Å². The number of hydrogen-bond donors (Lipinski definition) is 0. The van der Waals surface area contributed by atoms with Gasteiger partial charge < -0.3 is 4.90 Å². The summed E-state index contributed by atoms with van der Waals surface area (Å²) >= 11 is 6.30. The molecular weight excluding hydrogens is 270 g/mol. The van der Waals surface area contributed by atoms with Crippen molar-refractivity contribution in [1.29, 1.82) is 0 Å². The lowest BCUT2D eigenvalue weighted by Crippen LogP contribution is -2.27. The van der Waals surface area contributed by atoms with Gasteiger partial charge in [0.1, 0.15) is 16.8 Å². The van der Waals surface area contributed by atoms with Crippen molar-refractivity contribution in [3.8, 4) is 0 Å². The van der Waals surface area contributed by atoms with Crippen LogP contribution < -0.4 is 4.90 Å². The third-order valence-corrected chi connectivity index (χ3v) is 5.20. The molecule has 0 spiro atoms. The molecule has 2 rings (SSSR count). The van der Waals surface area contributed by atoms with E-state index >= 15 is 0 Å². The lowest BCUT2D eigenvalue weighted by molar-refractivity contribution is 0.301. The molecule has 0 N–H and O–H groups in total. The van der Waals surface area contributed by atoms with Crippen molar-refractivity contribution in [1.82, 2.24) is 9.97 Å². The summed E-state index contributed by atoms with van der Waals surface area (Å²) in [5.41, 5.74) is 1.46. The van der Waals surface area contributed by atoms with Gasteiger partial charge in [0.2, 0.25) is 0 Å². The fraction of sp³-hybridized carbons (Fsp3) is 0.750. The third-order valence-electron chi connectivity index (χ3n) is 4.83. The van der Waals surface area contributed by atoms with Crippen LogP contribution in [0.4, 0.5) is 5.82 Å². The smallest absolute Gasteiger partial charge is 0.137 e. The Balaban J connectivity index is 2.34. The van der Waals surface area contributed by atoms with Crippen LogP contribution in [-0.2, 0) is 0 Å². The molecule has 0 atom stereocenters. The van der Waals surface area contributed by atoms with Gasteiger partial charge in [0.25, 0.3) is 0 Å². The topological polar surface area (TPSA) is 29.0 Å². The molecule has 2 heterocycles. The number of rotatable bonds is 4. The fourth-order valence-electron chi connectivity index (χ4n) is 3.00. The van der Waals surface area contributed by atoms with Crippen LogP contribution in [0, 0.1) is 12.3 Å². The van der Waals surface area contributed by atoms with E-state index in [0.29, 0.717) is 16.5 Å². The van der Waals surface area contributed by atoms with Gasteiger partial charge in [0.15, 0.2) is 0 Å². The summed E-state index contributed by atoms with van der Waals surface area (Å²) in [5.74, 6) is 2.19. The molecule has 112 valence electrons. The molecule has 1 fully saturated rings. The van der Waals surface area contributed by atoms with Gasteiger partial charge in [-0.05, 0) is 31.6 Å². The second-order valence-corrected chi connectivity index (χ2v) is 6.71. The van der Waals surface area contributed by atoms with Crippen molar-refractivity contribution >= 4 is 17.4 Å². The molecule has 1 aliphatic heterocycles. The van der Waals surface area contributed by atoms with E-state index in [1.807, 2.05) is 6.92 Å². The van der Waals surface area contributed by atoms with Gasteiger partial charge in [0.05, 0.1) is 0 Å². The highest BCUT2D eigenvalue weighted by Crippen LogP contribution is 2.40. The number of nitrogens with zero attached hydrogens (tertiary/aromatic N) is 3. The summed E-state index contributed by atoms with van der Waals surface area (Å²) in [6.07, 6.45) is 3.71. The zero-order chi connectivity index (χ0) is 14.9. The van der Waals surface area contributed by atoms with E-state index in [1.165, 1.54) is 19.3 Å². The zero-order valence-electron chi connectivity index (χ0n) is 13.3. The first kappa shape index (κ1) is 15.6. The lowest BCUT2D eigenvalue weighted by atomic mass is 9.82. The molecule has 1 aromatic rings. The summed E-state index contributed by atoms with van der Waals surface area (Å²) in [6, 6.07) is 0. The second-order valence-electron chi connectivity index (χ2n) is 6.35. The molecule has 0 bridgehead atoms. The molecule has 0 radical (unpaired) electrons. The molecule has 1 saturated heterocycles. The molecular formula is C16H26ClN3. The first-order chi connectivity index (χ1) is 9.42. The fourth-order valence-corrected chi connectivity index (χ4v) is 3.17. The predicted molar refractivity (Wildman–Crippen MR) is 85.7 cm³/mol. The molecule has 0 aliphatic carbocycles. The van der Waals surface area contributed by atoms with Crippen molar-refractivity contribution in [3.05, 3.63) is 16.5 Å². The maximum Gasteiger partial charge on any atom is 0.137 e. The van der Waals surface area contributed by atoms with Gasteiger partial charge >= 0.3 is 0 Å². The monoisotopic (exact) mass is 295 g/mol. The summed E-state index contributed by atoms with van der Waals surface area (Å²) in [5, 5.41) is 0.601. The molecule has 0 amide bonds. The first-order valence-electron chi connectivity index (χ1n) is 7.71. The van der Waals surface area contributed by atoms with Crippen LogP contribution in [0.3, 0.4) is 0 Å². The Labute approximate surface area is 127 Å². The van der Waals surface area contributed by atoms with E-state index in [2.05, 4.69) is 37.6 Å². The Morgan fingerprint density at radius 3 is 2.40 bits per heavy atom. The minimum Gasteiger partial charge on any atom is -0.356 e. The highest BCUT2D eigenvalue weighted by Gasteiger charge is 2.36. The van der Waals surface area contributed by atoms with Crippen molar-refractivity contribution in [2.45, 2.75) is 59.8 Å². The van der Waals surface area contributed by atoms with Gasteiger partial charge in [-0.2, -0.15) is 0 Å². The highest BCUT2D eigenvalue weighted by molar-refractivity contribution is 6.30. The van der Waals surface area contributed by atoms with Crippen molar-refractivity contribution in [3.63, 3.8) is 0 Å². The average Bonchev–Trinajstić information content (AvgIpc) is 2.86. The Kier molecular flexibility index (Phi) is 4.58. The number of hydrogen-bond acceptors (Lipinski definition) is 3. The van der Waals surface area contributed by atoms with Crippen molar-refractivity contribution in [2.75, 3.05) is 18.0 Å². The average molecular weight is 296 g/mol. The molecule has 3 nitrogen and oxygen atoms in total. The van der Waals surface area contributed by atoms with Gasteiger partial charge in [-0.15, -0.1) is 0 Å². The molecule has 0 aromatic carbocycles. The molecule has 1 aliphatic rings. The predicted octanol–water partition coefficient (Wildman–Crippen LogP) is 4.58. The zero-order valence-corrected chi connectivity index (χ0v) is 14.1.